The summed E-state index contributed by atoms with van der Waals surface area (Å²) in [6.45, 7) is 2.09. The van der Waals surface area contributed by atoms with E-state index in [0.717, 1.165) is 19.3 Å². The van der Waals surface area contributed by atoms with Crippen molar-refractivity contribution in [2.24, 2.45) is 0 Å². The summed E-state index contributed by atoms with van der Waals surface area (Å²) in [6.07, 6.45) is 6.36. The molecule has 1 aromatic rings. The summed E-state index contributed by atoms with van der Waals surface area (Å²) in [5, 5.41) is 0. The number of allylic oxidation sites excluding steroid dienone is 1. The molecule has 0 bridgehead atoms. The molecule has 0 saturated heterocycles. The van der Waals surface area contributed by atoms with Crippen LogP contribution in [0.5, 0.6) is 0 Å². The highest BCUT2D eigenvalue weighted by molar-refractivity contribution is 6.04. The number of amides is 1. The predicted molar refractivity (Wildman–Crippen MR) is 75.3 cm³/mol. The van der Waals surface area contributed by atoms with Crippen molar-refractivity contribution >= 4 is 11.7 Å². The molecule has 0 fully saturated rings. The first-order chi connectivity index (χ1) is 9.24. The molecule has 0 radical (unpaired) electrons. The molecule has 1 aromatic carbocycles. The van der Waals surface area contributed by atoms with Gasteiger partial charge in [0.2, 0.25) is 5.91 Å². The lowest BCUT2D eigenvalue weighted by atomic mass is 10.1. The van der Waals surface area contributed by atoms with Gasteiger partial charge in [0.05, 0.1) is 0 Å². The molecular weight excluding hydrogens is 240 g/mol. The maximum Gasteiger partial charge on any atom is 0.238 e. The lowest BCUT2D eigenvalue weighted by Gasteiger charge is -2.03. The average molecular weight is 260 g/mol. The minimum absolute atomic E-state index is 0.0646. The van der Waals surface area contributed by atoms with Crippen molar-refractivity contribution in [1.29, 1.82) is 0 Å². The van der Waals surface area contributed by atoms with Crippen LogP contribution in [0.3, 0.4) is 0 Å². The topological polar surface area (TPSA) is 58.2 Å². The molecule has 0 aliphatic rings. The summed E-state index contributed by atoms with van der Waals surface area (Å²) in [5.41, 5.74) is 5.75. The highest BCUT2D eigenvalue weighted by atomic mass is 16.2. The van der Waals surface area contributed by atoms with Gasteiger partial charge in [0.1, 0.15) is 0 Å². The molecule has 0 aromatic heterocycles. The summed E-state index contributed by atoms with van der Waals surface area (Å²) in [7, 11) is 0. The molecule has 4 heteroatoms. The van der Waals surface area contributed by atoms with E-state index in [0.29, 0.717) is 12.0 Å². The third kappa shape index (κ3) is 6.41. The maximum atomic E-state index is 11.7. The van der Waals surface area contributed by atoms with Crippen molar-refractivity contribution in [3.8, 4) is 0 Å². The Balaban J connectivity index is 2.23. The number of rotatable bonds is 8. The highest BCUT2D eigenvalue weighted by Crippen LogP contribution is 2.00. The minimum Gasteiger partial charge on any atom is -0.306 e. The van der Waals surface area contributed by atoms with Crippen LogP contribution in [0.15, 0.2) is 42.6 Å². The van der Waals surface area contributed by atoms with Gasteiger partial charge in [0.15, 0.2) is 5.78 Å². The maximum absolute atomic E-state index is 11.7. The van der Waals surface area contributed by atoms with Crippen molar-refractivity contribution in [2.45, 2.75) is 32.6 Å². The Hall–Kier alpha value is -2.10. The van der Waals surface area contributed by atoms with Crippen LogP contribution in [-0.4, -0.2) is 11.7 Å². The van der Waals surface area contributed by atoms with Crippen molar-refractivity contribution in [3.63, 3.8) is 0 Å². The normalized spacial score (nSPS) is 10.4. The average Bonchev–Trinajstić information content (AvgIpc) is 2.44. The molecule has 0 aliphatic heterocycles. The SMILES string of the molecule is CCCCCC(=O)NN/C=C/C(=O)c1ccccc1. The Kier molecular flexibility index (Phi) is 7.02. The summed E-state index contributed by atoms with van der Waals surface area (Å²) < 4.78 is 0. The van der Waals surface area contributed by atoms with Crippen LogP contribution >= 0.6 is 0 Å². The first kappa shape index (κ1) is 15.0. The third-order valence-corrected chi connectivity index (χ3v) is 2.60. The van der Waals surface area contributed by atoms with Gasteiger partial charge in [0.25, 0.3) is 0 Å². The Morgan fingerprint density at radius 2 is 1.89 bits per heavy atom. The molecule has 19 heavy (non-hydrogen) atoms. The number of unbranched alkanes of at least 4 members (excludes halogenated alkanes) is 2. The first-order valence-corrected chi connectivity index (χ1v) is 6.54. The zero-order valence-corrected chi connectivity index (χ0v) is 11.2. The number of nitrogens with one attached hydrogen (secondary N) is 2. The first-order valence-electron chi connectivity index (χ1n) is 6.54. The van der Waals surface area contributed by atoms with E-state index in [1.807, 2.05) is 18.2 Å². The van der Waals surface area contributed by atoms with Gasteiger partial charge in [-0.1, -0.05) is 50.1 Å². The van der Waals surface area contributed by atoms with Crippen LogP contribution in [0.25, 0.3) is 0 Å². The molecule has 0 atom stereocenters. The summed E-state index contributed by atoms with van der Waals surface area (Å²) in [4.78, 5) is 23.0. The lowest BCUT2D eigenvalue weighted by Crippen LogP contribution is -2.33. The van der Waals surface area contributed by atoms with E-state index in [-0.39, 0.29) is 11.7 Å². The number of hydrazine groups is 1. The fourth-order valence-electron chi connectivity index (χ4n) is 1.54. The molecule has 0 spiro atoms. The second-order valence-electron chi connectivity index (χ2n) is 4.21. The molecule has 4 nitrogen and oxygen atoms in total. The summed E-state index contributed by atoms with van der Waals surface area (Å²) >= 11 is 0. The summed E-state index contributed by atoms with van der Waals surface area (Å²) in [5.74, 6) is -0.168. The van der Waals surface area contributed by atoms with Crippen molar-refractivity contribution in [1.82, 2.24) is 10.9 Å². The molecule has 0 unspecified atom stereocenters. The summed E-state index contributed by atoms with van der Waals surface area (Å²) in [6, 6.07) is 8.97. The number of carbonyl (C=O) groups excluding carboxylic acids is 2. The van der Waals surface area contributed by atoms with Crippen LogP contribution in [-0.2, 0) is 4.79 Å². The zero-order valence-electron chi connectivity index (χ0n) is 11.2. The number of benzene rings is 1. The smallest absolute Gasteiger partial charge is 0.238 e. The number of ketones is 1. The van der Waals surface area contributed by atoms with E-state index in [1.165, 1.54) is 12.3 Å². The van der Waals surface area contributed by atoms with Gasteiger partial charge in [-0.05, 0) is 6.42 Å². The molecular formula is C15H20N2O2. The van der Waals surface area contributed by atoms with Crippen LogP contribution in [0.4, 0.5) is 0 Å². The van der Waals surface area contributed by atoms with Crippen molar-refractivity contribution in [3.05, 3.63) is 48.2 Å². The fourth-order valence-corrected chi connectivity index (χ4v) is 1.54. The van der Waals surface area contributed by atoms with E-state index in [2.05, 4.69) is 17.8 Å². The Morgan fingerprint density at radius 1 is 1.16 bits per heavy atom. The molecule has 0 aliphatic carbocycles. The predicted octanol–water partition coefficient (Wildman–Crippen LogP) is 2.58. The number of hydrogen-bond acceptors (Lipinski definition) is 3. The monoisotopic (exact) mass is 260 g/mol. The standard InChI is InChI=1S/C15H20N2O2/c1-2-3-5-10-15(19)17-16-12-11-14(18)13-8-6-4-7-9-13/h4,6-9,11-12,16H,2-3,5,10H2,1H3,(H,17,19)/b12-11+. The molecule has 0 heterocycles. The van der Waals surface area contributed by atoms with Gasteiger partial charge in [-0.2, -0.15) is 0 Å². The van der Waals surface area contributed by atoms with E-state index in [9.17, 15) is 9.59 Å². The van der Waals surface area contributed by atoms with Crippen LogP contribution in [0.2, 0.25) is 0 Å². The quantitative estimate of drug-likeness (QED) is 0.327. The Morgan fingerprint density at radius 3 is 2.58 bits per heavy atom. The van der Waals surface area contributed by atoms with E-state index >= 15 is 0 Å². The third-order valence-electron chi connectivity index (χ3n) is 2.60. The Bertz CT molecular complexity index is 427. The fraction of sp³-hybridized carbons (Fsp3) is 0.333. The van der Waals surface area contributed by atoms with Crippen LogP contribution < -0.4 is 10.9 Å². The van der Waals surface area contributed by atoms with Crippen LogP contribution in [0, 0.1) is 0 Å². The largest absolute Gasteiger partial charge is 0.306 e. The molecule has 2 N–H and O–H groups in total. The molecule has 0 saturated carbocycles. The minimum atomic E-state index is -0.103. The molecule has 1 amide bonds. The van der Waals surface area contributed by atoms with Crippen LogP contribution in [0.1, 0.15) is 43.0 Å². The number of carbonyl (C=O) groups is 2. The van der Waals surface area contributed by atoms with E-state index in [4.69, 9.17) is 0 Å². The second kappa shape index (κ2) is 8.91. The lowest BCUT2D eigenvalue weighted by molar-refractivity contribution is -0.121. The zero-order chi connectivity index (χ0) is 13.9. The highest BCUT2D eigenvalue weighted by Gasteiger charge is 2.00. The van der Waals surface area contributed by atoms with E-state index < -0.39 is 0 Å². The molecule has 1 rings (SSSR count). The van der Waals surface area contributed by atoms with Gasteiger partial charge in [-0.15, -0.1) is 0 Å². The van der Waals surface area contributed by atoms with Gasteiger partial charge >= 0.3 is 0 Å². The van der Waals surface area contributed by atoms with Gasteiger partial charge in [-0.25, -0.2) is 0 Å². The van der Waals surface area contributed by atoms with Gasteiger partial charge in [-0.3, -0.25) is 15.0 Å². The van der Waals surface area contributed by atoms with Gasteiger partial charge < -0.3 is 5.43 Å². The van der Waals surface area contributed by atoms with Crippen molar-refractivity contribution < 1.29 is 9.59 Å². The number of hydrogen-bond donors (Lipinski definition) is 2. The van der Waals surface area contributed by atoms with Gasteiger partial charge in [0, 0.05) is 24.3 Å². The second-order valence-corrected chi connectivity index (χ2v) is 4.21. The van der Waals surface area contributed by atoms with Crippen molar-refractivity contribution in [2.75, 3.05) is 0 Å². The van der Waals surface area contributed by atoms with E-state index in [1.54, 1.807) is 12.1 Å². The molecule has 102 valence electrons. The Labute approximate surface area is 113 Å².